The maximum absolute atomic E-state index is 6.01. The second-order valence-electron chi connectivity index (χ2n) is 7.20. The number of hydrogen-bond donors (Lipinski definition) is 1. The lowest BCUT2D eigenvalue weighted by atomic mass is 9.88. The van der Waals surface area contributed by atoms with Gasteiger partial charge < -0.3 is 15.4 Å². The molecule has 3 heteroatoms. The zero-order valence-corrected chi connectivity index (χ0v) is 13.5. The first-order valence-corrected chi connectivity index (χ1v) is 8.30. The minimum atomic E-state index is 0.151. The average Bonchev–Trinajstić information content (AvgIpc) is 3.03. The van der Waals surface area contributed by atoms with Crippen molar-refractivity contribution in [2.75, 3.05) is 24.2 Å². The number of nitrogen functional groups attached to an aromatic ring is 1. The fraction of sp³-hybridized carbons (Fsp3) is 0.667. The van der Waals surface area contributed by atoms with Gasteiger partial charge in [-0.15, -0.1) is 0 Å². The molecule has 0 spiro atoms. The first-order valence-electron chi connectivity index (χ1n) is 8.30. The van der Waals surface area contributed by atoms with E-state index < -0.39 is 0 Å². The van der Waals surface area contributed by atoms with E-state index in [1.807, 2.05) is 19.9 Å². The van der Waals surface area contributed by atoms with E-state index in [1.54, 1.807) is 0 Å². The number of fused-ring (bicyclic) bond motifs is 2. The molecule has 21 heavy (non-hydrogen) atoms. The van der Waals surface area contributed by atoms with E-state index in [1.165, 1.54) is 31.4 Å². The highest BCUT2D eigenvalue weighted by Gasteiger charge is 2.39. The average molecular weight is 288 g/mol. The molecule has 2 N–H and O–H groups in total. The Balaban J connectivity index is 1.68. The highest BCUT2D eigenvalue weighted by Crippen LogP contribution is 2.48. The standard InChI is InChI=1S/C18H28N2O/c1-12(2)21-18-10-16(6-7-17(18)19)20(3)11-15-9-13-4-5-14(15)8-13/h6-7,10,12-15H,4-5,8-9,11,19H2,1-3H3. The molecule has 0 saturated heterocycles. The number of nitrogens with zero attached hydrogens (tertiary/aromatic N) is 1. The lowest BCUT2D eigenvalue weighted by Gasteiger charge is -2.29. The highest BCUT2D eigenvalue weighted by molar-refractivity contribution is 5.62. The summed E-state index contributed by atoms with van der Waals surface area (Å²) < 4.78 is 5.80. The summed E-state index contributed by atoms with van der Waals surface area (Å²) in [6.45, 7) is 5.22. The van der Waals surface area contributed by atoms with Crippen molar-refractivity contribution in [1.29, 1.82) is 0 Å². The monoisotopic (exact) mass is 288 g/mol. The van der Waals surface area contributed by atoms with E-state index in [-0.39, 0.29) is 6.10 Å². The fourth-order valence-electron chi connectivity index (χ4n) is 4.17. The largest absolute Gasteiger partial charge is 0.489 e. The van der Waals surface area contributed by atoms with E-state index in [0.29, 0.717) is 0 Å². The van der Waals surface area contributed by atoms with Gasteiger partial charge in [-0.1, -0.05) is 6.42 Å². The van der Waals surface area contributed by atoms with Crippen molar-refractivity contribution in [3.63, 3.8) is 0 Å². The summed E-state index contributed by atoms with van der Waals surface area (Å²) in [5.74, 6) is 3.67. The quantitative estimate of drug-likeness (QED) is 0.834. The van der Waals surface area contributed by atoms with Gasteiger partial charge in [0.25, 0.3) is 0 Å². The van der Waals surface area contributed by atoms with Crippen LogP contribution >= 0.6 is 0 Å². The van der Waals surface area contributed by atoms with Crippen LogP contribution < -0.4 is 15.4 Å². The normalized spacial score (nSPS) is 27.3. The van der Waals surface area contributed by atoms with Crippen LogP contribution in [0.1, 0.15) is 39.5 Å². The number of anilines is 2. The number of nitrogens with two attached hydrogens (primary N) is 1. The predicted octanol–water partition coefficient (Wildman–Crippen LogP) is 3.93. The Kier molecular flexibility index (Phi) is 4.01. The van der Waals surface area contributed by atoms with Crippen LogP contribution in [-0.4, -0.2) is 19.7 Å². The van der Waals surface area contributed by atoms with E-state index in [2.05, 4.69) is 24.1 Å². The van der Waals surface area contributed by atoms with Gasteiger partial charge in [-0.05, 0) is 63.0 Å². The summed E-state index contributed by atoms with van der Waals surface area (Å²) in [5.41, 5.74) is 7.94. The molecule has 2 aliphatic rings. The first kappa shape index (κ1) is 14.6. The number of ether oxygens (including phenoxy) is 1. The Bertz CT molecular complexity index is 500. The van der Waals surface area contributed by atoms with E-state index in [9.17, 15) is 0 Å². The summed E-state index contributed by atoms with van der Waals surface area (Å²) in [6, 6.07) is 6.16. The molecule has 116 valence electrons. The third-order valence-corrected chi connectivity index (χ3v) is 5.19. The van der Waals surface area contributed by atoms with E-state index in [0.717, 1.165) is 35.7 Å². The van der Waals surface area contributed by atoms with Crippen molar-refractivity contribution < 1.29 is 4.74 Å². The van der Waals surface area contributed by atoms with Crippen LogP contribution in [-0.2, 0) is 0 Å². The molecule has 3 nitrogen and oxygen atoms in total. The van der Waals surface area contributed by atoms with Gasteiger partial charge in [-0.25, -0.2) is 0 Å². The smallest absolute Gasteiger partial charge is 0.144 e. The molecule has 3 rings (SSSR count). The summed E-state index contributed by atoms with van der Waals surface area (Å²) in [5, 5.41) is 0. The molecule has 1 aromatic rings. The van der Waals surface area contributed by atoms with Crippen LogP contribution in [0.2, 0.25) is 0 Å². The van der Waals surface area contributed by atoms with Gasteiger partial charge in [0.05, 0.1) is 11.8 Å². The third-order valence-electron chi connectivity index (χ3n) is 5.19. The summed E-state index contributed by atoms with van der Waals surface area (Å²) >= 11 is 0. The zero-order valence-electron chi connectivity index (χ0n) is 13.5. The second kappa shape index (κ2) is 5.78. The van der Waals surface area contributed by atoms with E-state index >= 15 is 0 Å². The van der Waals surface area contributed by atoms with Crippen LogP contribution in [0, 0.1) is 17.8 Å². The number of hydrogen-bond acceptors (Lipinski definition) is 3. The van der Waals surface area contributed by atoms with Gasteiger partial charge in [-0.2, -0.15) is 0 Å². The Labute approximate surface area is 128 Å². The molecule has 0 amide bonds. The minimum absolute atomic E-state index is 0.151. The maximum Gasteiger partial charge on any atom is 0.144 e. The van der Waals surface area contributed by atoms with Gasteiger partial charge in [0.15, 0.2) is 0 Å². The molecule has 2 bridgehead atoms. The summed E-state index contributed by atoms with van der Waals surface area (Å²) in [6.07, 6.45) is 5.98. The summed E-state index contributed by atoms with van der Waals surface area (Å²) in [4.78, 5) is 2.37. The Morgan fingerprint density at radius 2 is 2.10 bits per heavy atom. The number of benzene rings is 1. The van der Waals surface area contributed by atoms with Gasteiger partial charge in [0, 0.05) is 25.3 Å². The minimum Gasteiger partial charge on any atom is -0.489 e. The van der Waals surface area contributed by atoms with Crippen molar-refractivity contribution in [3.8, 4) is 5.75 Å². The Hall–Kier alpha value is -1.38. The van der Waals surface area contributed by atoms with Crippen LogP contribution in [0.25, 0.3) is 0 Å². The molecule has 0 radical (unpaired) electrons. The molecule has 1 aromatic carbocycles. The fourth-order valence-corrected chi connectivity index (χ4v) is 4.17. The molecular formula is C18H28N2O. The molecule has 2 saturated carbocycles. The summed E-state index contributed by atoms with van der Waals surface area (Å²) in [7, 11) is 2.19. The third kappa shape index (κ3) is 3.12. The van der Waals surface area contributed by atoms with E-state index in [4.69, 9.17) is 10.5 Å². The molecule has 0 aromatic heterocycles. The molecule has 2 fully saturated rings. The molecule has 0 aliphatic heterocycles. The SMILES string of the molecule is CC(C)Oc1cc(N(C)CC2CC3CCC2C3)ccc1N. The van der Waals surface area contributed by atoms with Gasteiger partial charge in [0.2, 0.25) is 0 Å². The van der Waals surface area contributed by atoms with Gasteiger partial charge in [-0.3, -0.25) is 0 Å². The van der Waals surface area contributed by atoms with Gasteiger partial charge in [0.1, 0.15) is 5.75 Å². The first-order chi connectivity index (χ1) is 10.0. The van der Waals surface area contributed by atoms with Gasteiger partial charge >= 0.3 is 0 Å². The second-order valence-corrected chi connectivity index (χ2v) is 7.20. The van der Waals surface area contributed by atoms with Crippen LogP contribution in [0.4, 0.5) is 11.4 Å². The molecule has 2 aliphatic carbocycles. The molecule has 0 heterocycles. The van der Waals surface area contributed by atoms with Crippen LogP contribution in [0.5, 0.6) is 5.75 Å². The zero-order chi connectivity index (χ0) is 15.0. The Morgan fingerprint density at radius 1 is 1.29 bits per heavy atom. The number of rotatable bonds is 5. The van der Waals surface area contributed by atoms with Crippen molar-refractivity contribution in [2.24, 2.45) is 17.8 Å². The van der Waals surface area contributed by atoms with Crippen molar-refractivity contribution in [1.82, 2.24) is 0 Å². The van der Waals surface area contributed by atoms with Crippen LogP contribution in [0.3, 0.4) is 0 Å². The lowest BCUT2D eigenvalue weighted by Crippen LogP contribution is -2.28. The molecule has 3 unspecified atom stereocenters. The van der Waals surface area contributed by atoms with Crippen LogP contribution in [0.15, 0.2) is 18.2 Å². The van der Waals surface area contributed by atoms with Crippen molar-refractivity contribution >= 4 is 11.4 Å². The Morgan fingerprint density at radius 3 is 2.71 bits per heavy atom. The van der Waals surface area contributed by atoms with Crippen molar-refractivity contribution in [3.05, 3.63) is 18.2 Å². The topological polar surface area (TPSA) is 38.5 Å². The molecular weight excluding hydrogens is 260 g/mol. The predicted molar refractivity (Wildman–Crippen MR) is 88.8 cm³/mol. The molecule has 3 atom stereocenters. The van der Waals surface area contributed by atoms with Crippen molar-refractivity contribution in [2.45, 2.75) is 45.6 Å². The lowest BCUT2D eigenvalue weighted by molar-refractivity contribution is 0.244. The maximum atomic E-state index is 6.01. The highest BCUT2D eigenvalue weighted by atomic mass is 16.5.